The number of hydrogen-bond acceptors (Lipinski definition) is 3. The van der Waals surface area contributed by atoms with E-state index in [4.69, 9.17) is 0 Å². The lowest BCUT2D eigenvalue weighted by molar-refractivity contribution is -0.118. The molecule has 0 radical (unpaired) electrons. The normalized spacial score (nSPS) is 13.5. The Morgan fingerprint density at radius 2 is 2.00 bits per heavy atom. The Hall–Kier alpha value is -1.46. The monoisotopic (exact) mass is 335 g/mol. The Kier molecular flexibility index (Phi) is 6.34. The molecule has 0 saturated carbocycles. The molecule has 0 bridgehead atoms. The second-order valence-corrected chi connectivity index (χ2v) is 7.76. The number of benzene rings is 1. The van der Waals surface area contributed by atoms with Crippen molar-refractivity contribution in [3.05, 3.63) is 57.8 Å². The van der Waals surface area contributed by atoms with Gasteiger partial charge in [-0.05, 0) is 35.9 Å². The molecule has 0 spiro atoms. The lowest BCUT2D eigenvalue weighted by Gasteiger charge is -2.15. The molecule has 0 fully saturated rings. The van der Waals surface area contributed by atoms with Gasteiger partial charge in [0, 0.05) is 15.7 Å². The summed E-state index contributed by atoms with van der Waals surface area (Å²) in [6.45, 7) is 4.54. The molecule has 3 nitrogen and oxygen atoms in total. The number of rotatable bonds is 7. The van der Waals surface area contributed by atoms with Crippen LogP contribution < -0.4 is 5.32 Å². The Bertz CT molecular complexity index is 637. The molecule has 0 aliphatic heterocycles. The second-order valence-electron chi connectivity index (χ2n) is 5.14. The highest BCUT2D eigenvalue weighted by Crippen LogP contribution is 2.23. The SMILES string of the molecule is CC[C@H](c1ccccc1)[S@](=O)CC(=O)NCc1sccc1C. The van der Waals surface area contributed by atoms with Gasteiger partial charge in [-0.25, -0.2) is 0 Å². The zero-order chi connectivity index (χ0) is 15.9. The van der Waals surface area contributed by atoms with E-state index in [2.05, 4.69) is 5.32 Å². The van der Waals surface area contributed by atoms with E-state index in [9.17, 15) is 9.00 Å². The molecule has 1 heterocycles. The van der Waals surface area contributed by atoms with Crippen LogP contribution >= 0.6 is 11.3 Å². The van der Waals surface area contributed by atoms with Gasteiger partial charge in [0.15, 0.2) is 0 Å². The van der Waals surface area contributed by atoms with Crippen LogP contribution in [0.15, 0.2) is 41.8 Å². The fourth-order valence-corrected chi connectivity index (χ4v) is 4.53. The predicted octanol–water partition coefficient (Wildman–Crippen LogP) is 3.57. The number of aryl methyl sites for hydroxylation is 1. The molecule has 1 N–H and O–H groups in total. The molecule has 118 valence electrons. The molecule has 0 aliphatic carbocycles. The topological polar surface area (TPSA) is 46.2 Å². The molecule has 22 heavy (non-hydrogen) atoms. The number of nitrogens with one attached hydrogen (secondary N) is 1. The zero-order valence-electron chi connectivity index (χ0n) is 12.9. The minimum atomic E-state index is -1.20. The smallest absolute Gasteiger partial charge is 0.232 e. The van der Waals surface area contributed by atoms with E-state index in [-0.39, 0.29) is 16.9 Å². The van der Waals surface area contributed by atoms with Crippen molar-refractivity contribution >= 4 is 28.0 Å². The fourth-order valence-electron chi connectivity index (χ4n) is 2.29. The number of carbonyl (C=O) groups is 1. The van der Waals surface area contributed by atoms with Gasteiger partial charge in [-0.15, -0.1) is 11.3 Å². The maximum absolute atomic E-state index is 12.5. The molecule has 0 saturated heterocycles. The van der Waals surface area contributed by atoms with Crippen LogP contribution in [0.2, 0.25) is 0 Å². The predicted molar refractivity (Wildman–Crippen MR) is 93.4 cm³/mol. The summed E-state index contributed by atoms with van der Waals surface area (Å²) in [5, 5.41) is 4.79. The van der Waals surface area contributed by atoms with E-state index in [0.29, 0.717) is 6.54 Å². The molecule has 2 atom stereocenters. The summed E-state index contributed by atoms with van der Waals surface area (Å²) in [5.41, 5.74) is 2.22. The molecule has 0 unspecified atom stereocenters. The van der Waals surface area contributed by atoms with Gasteiger partial charge in [0.05, 0.1) is 11.8 Å². The summed E-state index contributed by atoms with van der Waals surface area (Å²) in [6.07, 6.45) is 0.758. The first-order valence-electron chi connectivity index (χ1n) is 7.33. The van der Waals surface area contributed by atoms with Crippen LogP contribution in [-0.4, -0.2) is 15.9 Å². The number of carbonyl (C=O) groups excluding carboxylic acids is 1. The maximum atomic E-state index is 12.5. The average molecular weight is 335 g/mol. The number of thiophene rings is 1. The fraction of sp³-hybridized carbons (Fsp3) is 0.353. The minimum absolute atomic E-state index is 0.0534. The molecule has 2 aromatic rings. The molecule has 2 rings (SSSR count). The van der Waals surface area contributed by atoms with E-state index in [1.54, 1.807) is 11.3 Å². The maximum Gasteiger partial charge on any atom is 0.232 e. The standard InChI is InChI=1S/C17H21NO2S2/c1-3-16(14-7-5-4-6-8-14)22(20)12-17(19)18-11-15-13(2)9-10-21-15/h4-10,16H,3,11-12H2,1-2H3,(H,18,19)/t16-,22-/m1/s1. The molecular weight excluding hydrogens is 314 g/mol. The number of amides is 1. The Labute approximate surface area is 138 Å². The van der Waals surface area contributed by atoms with Gasteiger partial charge in [0.1, 0.15) is 5.75 Å². The van der Waals surface area contributed by atoms with Gasteiger partial charge in [-0.1, -0.05) is 37.3 Å². The molecule has 1 amide bonds. The largest absolute Gasteiger partial charge is 0.350 e. The molecule has 0 aliphatic rings. The summed E-state index contributed by atoms with van der Waals surface area (Å²) in [7, 11) is -1.20. The van der Waals surface area contributed by atoms with Gasteiger partial charge in [0.2, 0.25) is 5.91 Å². The van der Waals surface area contributed by atoms with Gasteiger partial charge >= 0.3 is 0 Å². The van der Waals surface area contributed by atoms with Crippen molar-refractivity contribution < 1.29 is 9.00 Å². The van der Waals surface area contributed by atoms with Crippen LogP contribution in [0, 0.1) is 6.92 Å². The highest BCUT2D eigenvalue weighted by atomic mass is 32.2. The van der Waals surface area contributed by atoms with Crippen molar-refractivity contribution in [3.8, 4) is 0 Å². The van der Waals surface area contributed by atoms with Crippen molar-refractivity contribution in [1.82, 2.24) is 5.32 Å². The first-order valence-corrected chi connectivity index (χ1v) is 9.59. The molecule has 1 aromatic carbocycles. The van der Waals surface area contributed by atoms with Crippen LogP contribution in [-0.2, 0) is 22.1 Å². The van der Waals surface area contributed by atoms with E-state index < -0.39 is 10.8 Å². The summed E-state index contributed by atoms with van der Waals surface area (Å²) >= 11 is 1.63. The highest BCUT2D eigenvalue weighted by Gasteiger charge is 2.19. The number of hydrogen-bond donors (Lipinski definition) is 1. The van der Waals surface area contributed by atoms with Gasteiger partial charge in [0.25, 0.3) is 0 Å². The zero-order valence-corrected chi connectivity index (χ0v) is 14.5. The minimum Gasteiger partial charge on any atom is -0.350 e. The van der Waals surface area contributed by atoms with E-state index >= 15 is 0 Å². The first kappa shape index (κ1) is 16.9. The Balaban J connectivity index is 1.90. The lowest BCUT2D eigenvalue weighted by Crippen LogP contribution is -2.29. The quantitative estimate of drug-likeness (QED) is 0.841. The van der Waals surface area contributed by atoms with Crippen LogP contribution in [0.25, 0.3) is 0 Å². The highest BCUT2D eigenvalue weighted by molar-refractivity contribution is 7.86. The third-order valence-electron chi connectivity index (χ3n) is 3.55. The Morgan fingerprint density at radius 3 is 2.59 bits per heavy atom. The van der Waals surface area contributed by atoms with Crippen LogP contribution in [0.5, 0.6) is 0 Å². The second kappa shape index (κ2) is 8.25. The lowest BCUT2D eigenvalue weighted by atomic mass is 10.1. The van der Waals surface area contributed by atoms with Gasteiger partial charge < -0.3 is 5.32 Å². The third-order valence-corrected chi connectivity index (χ3v) is 6.36. The van der Waals surface area contributed by atoms with Gasteiger partial charge in [-0.3, -0.25) is 9.00 Å². The van der Waals surface area contributed by atoms with Crippen molar-refractivity contribution in [3.63, 3.8) is 0 Å². The molecular formula is C17H21NO2S2. The summed E-state index contributed by atoms with van der Waals surface area (Å²) in [4.78, 5) is 13.2. The van der Waals surface area contributed by atoms with E-state index in [0.717, 1.165) is 16.9 Å². The van der Waals surface area contributed by atoms with Crippen molar-refractivity contribution in [2.75, 3.05) is 5.75 Å². The first-order chi connectivity index (χ1) is 10.6. The summed E-state index contributed by atoms with van der Waals surface area (Å²) < 4.78 is 12.5. The van der Waals surface area contributed by atoms with Gasteiger partial charge in [-0.2, -0.15) is 0 Å². The third kappa shape index (κ3) is 4.52. The van der Waals surface area contributed by atoms with Crippen LogP contribution in [0.4, 0.5) is 0 Å². The average Bonchev–Trinajstić information content (AvgIpc) is 2.92. The molecule has 1 aromatic heterocycles. The van der Waals surface area contributed by atoms with E-state index in [1.165, 1.54) is 5.56 Å². The van der Waals surface area contributed by atoms with E-state index in [1.807, 2.05) is 55.6 Å². The molecule has 5 heteroatoms. The summed E-state index contributed by atoms with van der Waals surface area (Å²) in [5.74, 6) is -0.0989. The van der Waals surface area contributed by atoms with Crippen molar-refractivity contribution in [1.29, 1.82) is 0 Å². The van der Waals surface area contributed by atoms with Crippen LogP contribution in [0.1, 0.15) is 34.6 Å². The van der Waals surface area contributed by atoms with Crippen molar-refractivity contribution in [2.45, 2.75) is 32.1 Å². The van der Waals surface area contributed by atoms with Crippen molar-refractivity contribution in [2.24, 2.45) is 0 Å². The Morgan fingerprint density at radius 1 is 1.27 bits per heavy atom. The van der Waals surface area contributed by atoms with Crippen LogP contribution in [0.3, 0.4) is 0 Å². The summed E-state index contributed by atoms with van der Waals surface area (Å²) in [6, 6.07) is 11.8.